The number of pyridine rings is 1. The van der Waals surface area contributed by atoms with Crippen molar-refractivity contribution in [3.05, 3.63) is 40.9 Å². The Morgan fingerprint density at radius 2 is 2.10 bits per heavy atom. The first-order valence-electron chi connectivity index (χ1n) is 7.45. The molecule has 0 aromatic carbocycles. The Morgan fingerprint density at radius 3 is 2.76 bits per heavy atom. The molecule has 0 unspecified atom stereocenters. The number of hydrogen-bond acceptors (Lipinski definition) is 3. The van der Waals surface area contributed by atoms with Gasteiger partial charge < -0.3 is 4.90 Å². The van der Waals surface area contributed by atoms with Crippen LogP contribution in [-0.2, 0) is 0 Å². The van der Waals surface area contributed by atoms with Crippen molar-refractivity contribution in [3.8, 4) is 10.6 Å². The number of carbonyl (C=O) groups excluding carboxylic acids is 1. The topological polar surface area (TPSA) is 33.2 Å². The number of hydrogen-bond donors (Lipinski definition) is 0. The normalized spacial score (nSPS) is 16.2. The number of amides is 1. The van der Waals surface area contributed by atoms with Crippen LogP contribution < -0.4 is 0 Å². The van der Waals surface area contributed by atoms with Crippen molar-refractivity contribution in [3.63, 3.8) is 0 Å². The van der Waals surface area contributed by atoms with Crippen molar-refractivity contribution in [2.24, 2.45) is 5.92 Å². The van der Waals surface area contributed by atoms with Gasteiger partial charge in [-0.2, -0.15) is 0 Å². The summed E-state index contributed by atoms with van der Waals surface area (Å²) in [6, 6.07) is 7.84. The predicted molar refractivity (Wildman–Crippen MR) is 86.6 cm³/mol. The maximum atomic E-state index is 12.6. The molecule has 1 amide bonds. The van der Waals surface area contributed by atoms with Crippen molar-refractivity contribution in [1.82, 2.24) is 9.88 Å². The molecule has 1 aliphatic rings. The van der Waals surface area contributed by atoms with Crippen LogP contribution in [0, 0.1) is 12.8 Å². The number of thiophene rings is 1. The summed E-state index contributed by atoms with van der Waals surface area (Å²) in [6.45, 7) is 6.03. The summed E-state index contributed by atoms with van der Waals surface area (Å²) in [5, 5.41) is 2.11. The van der Waals surface area contributed by atoms with E-state index in [9.17, 15) is 4.79 Å². The van der Waals surface area contributed by atoms with Gasteiger partial charge in [-0.25, -0.2) is 4.98 Å². The van der Waals surface area contributed by atoms with E-state index in [1.807, 2.05) is 23.1 Å². The van der Waals surface area contributed by atoms with Gasteiger partial charge in [0.05, 0.1) is 10.6 Å². The third kappa shape index (κ3) is 3.16. The van der Waals surface area contributed by atoms with E-state index >= 15 is 0 Å². The number of likely N-dealkylation sites (tertiary alicyclic amines) is 1. The summed E-state index contributed by atoms with van der Waals surface area (Å²) in [5.41, 5.74) is 2.69. The molecule has 2 aromatic heterocycles. The fourth-order valence-electron chi connectivity index (χ4n) is 2.63. The van der Waals surface area contributed by atoms with E-state index in [0.717, 1.165) is 42.4 Å². The van der Waals surface area contributed by atoms with Gasteiger partial charge in [0, 0.05) is 13.1 Å². The molecule has 110 valence electrons. The zero-order valence-corrected chi connectivity index (χ0v) is 13.3. The Bertz CT molecular complexity index is 642. The third-order valence-corrected chi connectivity index (χ3v) is 5.09. The van der Waals surface area contributed by atoms with Gasteiger partial charge >= 0.3 is 0 Å². The molecule has 3 rings (SSSR count). The fraction of sp³-hybridized carbons (Fsp3) is 0.412. The quantitative estimate of drug-likeness (QED) is 0.840. The highest BCUT2D eigenvalue weighted by Crippen LogP contribution is 2.26. The number of rotatable bonds is 2. The lowest BCUT2D eigenvalue weighted by Gasteiger charge is -2.30. The second kappa shape index (κ2) is 5.98. The van der Waals surface area contributed by atoms with Crippen molar-refractivity contribution in [2.45, 2.75) is 26.7 Å². The first-order valence-corrected chi connectivity index (χ1v) is 8.33. The summed E-state index contributed by atoms with van der Waals surface area (Å²) in [5.74, 6) is 0.791. The standard InChI is InChI=1S/C17H20N2OS/c1-12-6-8-19(9-7-12)17(20)15-5-3-4-14(18-15)16-10-13(2)11-21-16/h3-5,10-12H,6-9H2,1-2H3. The van der Waals surface area contributed by atoms with Crippen LogP contribution in [0.1, 0.15) is 35.8 Å². The largest absolute Gasteiger partial charge is 0.337 e. The molecule has 2 aromatic rings. The van der Waals surface area contributed by atoms with Crippen molar-refractivity contribution < 1.29 is 4.79 Å². The molecule has 0 N–H and O–H groups in total. The molecule has 0 saturated carbocycles. The van der Waals surface area contributed by atoms with E-state index in [0.29, 0.717) is 5.69 Å². The maximum Gasteiger partial charge on any atom is 0.272 e. The Kier molecular flexibility index (Phi) is 4.06. The number of nitrogens with zero attached hydrogens (tertiary/aromatic N) is 2. The Balaban J connectivity index is 1.81. The molecule has 0 atom stereocenters. The second-order valence-corrected chi connectivity index (χ2v) is 6.78. The van der Waals surface area contributed by atoms with E-state index in [-0.39, 0.29) is 5.91 Å². The van der Waals surface area contributed by atoms with Crippen molar-refractivity contribution in [2.75, 3.05) is 13.1 Å². The second-order valence-electron chi connectivity index (χ2n) is 5.87. The van der Waals surface area contributed by atoms with Crippen LogP contribution in [0.4, 0.5) is 0 Å². The molecule has 0 spiro atoms. The Hall–Kier alpha value is -1.68. The summed E-state index contributed by atoms with van der Waals surface area (Å²) >= 11 is 1.67. The van der Waals surface area contributed by atoms with E-state index in [1.165, 1.54) is 5.56 Å². The summed E-state index contributed by atoms with van der Waals surface area (Å²) < 4.78 is 0. The smallest absolute Gasteiger partial charge is 0.272 e. The Labute approximate surface area is 129 Å². The van der Waals surface area contributed by atoms with Gasteiger partial charge in [-0.3, -0.25) is 4.79 Å². The van der Waals surface area contributed by atoms with E-state index in [2.05, 4.69) is 30.3 Å². The molecule has 4 heteroatoms. The van der Waals surface area contributed by atoms with Crippen LogP contribution in [-0.4, -0.2) is 28.9 Å². The summed E-state index contributed by atoms with van der Waals surface area (Å²) in [6.07, 6.45) is 2.19. The molecule has 21 heavy (non-hydrogen) atoms. The molecule has 0 aliphatic carbocycles. The lowest BCUT2D eigenvalue weighted by atomic mass is 9.99. The average Bonchev–Trinajstić information content (AvgIpc) is 2.94. The molecular weight excluding hydrogens is 280 g/mol. The van der Waals surface area contributed by atoms with Crippen LogP contribution >= 0.6 is 11.3 Å². The van der Waals surface area contributed by atoms with Crippen LogP contribution in [0.3, 0.4) is 0 Å². The van der Waals surface area contributed by atoms with Crippen LogP contribution in [0.25, 0.3) is 10.6 Å². The van der Waals surface area contributed by atoms with E-state index < -0.39 is 0 Å². The Morgan fingerprint density at radius 1 is 1.33 bits per heavy atom. The highest BCUT2D eigenvalue weighted by Gasteiger charge is 2.22. The molecule has 1 saturated heterocycles. The number of carbonyl (C=O) groups is 1. The van der Waals surface area contributed by atoms with Crippen LogP contribution in [0.5, 0.6) is 0 Å². The highest BCUT2D eigenvalue weighted by atomic mass is 32.1. The minimum absolute atomic E-state index is 0.0667. The monoisotopic (exact) mass is 300 g/mol. The minimum atomic E-state index is 0.0667. The van der Waals surface area contributed by atoms with Crippen LogP contribution in [0.15, 0.2) is 29.6 Å². The van der Waals surface area contributed by atoms with Gasteiger partial charge in [0.15, 0.2) is 0 Å². The third-order valence-electron chi connectivity index (χ3n) is 4.02. The van der Waals surface area contributed by atoms with E-state index in [1.54, 1.807) is 11.3 Å². The van der Waals surface area contributed by atoms with Crippen molar-refractivity contribution >= 4 is 17.2 Å². The van der Waals surface area contributed by atoms with Crippen LogP contribution in [0.2, 0.25) is 0 Å². The molecule has 1 fully saturated rings. The molecule has 0 radical (unpaired) electrons. The fourth-order valence-corrected chi connectivity index (χ4v) is 3.50. The molecule has 3 nitrogen and oxygen atoms in total. The summed E-state index contributed by atoms with van der Waals surface area (Å²) in [4.78, 5) is 20.2. The molecule has 3 heterocycles. The number of aromatic nitrogens is 1. The molecule has 0 bridgehead atoms. The number of aryl methyl sites for hydroxylation is 1. The van der Waals surface area contributed by atoms with Gasteiger partial charge in [-0.05, 0) is 54.8 Å². The van der Waals surface area contributed by atoms with Gasteiger partial charge in [0.25, 0.3) is 5.91 Å². The molecule has 1 aliphatic heterocycles. The lowest BCUT2D eigenvalue weighted by Crippen LogP contribution is -2.38. The number of piperidine rings is 1. The van der Waals surface area contributed by atoms with E-state index in [4.69, 9.17) is 0 Å². The summed E-state index contributed by atoms with van der Waals surface area (Å²) in [7, 11) is 0. The first-order chi connectivity index (χ1) is 10.1. The highest BCUT2D eigenvalue weighted by molar-refractivity contribution is 7.13. The van der Waals surface area contributed by atoms with Gasteiger partial charge in [-0.1, -0.05) is 13.0 Å². The first kappa shape index (κ1) is 14.3. The maximum absolute atomic E-state index is 12.6. The zero-order valence-electron chi connectivity index (χ0n) is 12.5. The zero-order chi connectivity index (χ0) is 14.8. The van der Waals surface area contributed by atoms with Crippen molar-refractivity contribution in [1.29, 1.82) is 0 Å². The minimum Gasteiger partial charge on any atom is -0.337 e. The van der Waals surface area contributed by atoms with Gasteiger partial charge in [0.1, 0.15) is 5.69 Å². The molecular formula is C17H20N2OS. The lowest BCUT2D eigenvalue weighted by molar-refractivity contribution is 0.0691. The average molecular weight is 300 g/mol. The predicted octanol–water partition coefficient (Wildman–Crippen LogP) is 3.99. The SMILES string of the molecule is Cc1csc(-c2cccc(C(=O)N3CCC(C)CC3)n2)c1. The van der Waals surface area contributed by atoms with Gasteiger partial charge in [-0.15, -0.1) is 11.3 Å². The van der Waals surface area contributed by atoms with Gasteiger partial charge in [0.2, 0.25) is 0 Å².